The van der Waals surface area contributed by atoms with Crippen molar-refractivity contribution in [2.75, 3.05) is 30.9 Å². The first-order valence-corrected chi connectivity index (χ1v) is 9.29. The van der Waals surface area contributed by atoms with Gasteiger partial charge in [-0.2, -0.15) is 0 Å². The molecule has 1 aromatic rings. The molecule has 0 bridgehead atoms. The van der Waals surface area contributed by atoms with Gasteiger partial charge in [0.05, 0.1) is 0 Å². The number of anilines is 2. The highest BCUT2D eigenvalue weighted by Gasteiger charge is 2.37. The van der Waals surface area contributed by atoms with Crippen molar-refractivity contribution in [3.8, 4) is 0 Å². The lowest BCUT2D eigenvalue weighted by Crippen LogP contribution is -2.40. The fourth-order valence-electron chi connectivity index (χ4n) is 2.93. The molecule has 3 amide bonds. The molecule has 0 radical (unpaired) electrons. The van der Waals surface area contributed by atoms with Crippen molar-refractivity contribution < 1.29 is 9.59 Å². The van der Waals surface area contributed by atoms with Crippen LogP contribution >= 0.6 is 0 Å². The Labute approximate surface area is 156 Å². The number of hydrogen-bond donors (Lipinski definition) is 2. The van der Waals surface area contributed by atoms with Gasteiger partial charge in [-0.05, 0) is 43.5 Å². The van der Waals surface area contributed by atoms with Crippen molar-refractivity contribution in [3.05, 3.63) is 23.8 Å². The normalized spacial score (nSPS) is 13.9. The first-order valence-electron chi connectivity index (χ1n) is 9.29. The molecule has 1 aliphatic rings. The Morgan fingerprint density at radius 2 is 1.85 bits per heavy atom. The van der Waals surface area contributed by atoms with Crippen molar-refractivity contribution in [2.45, 2.75) is 53.1 Å². The smallest absolute Gasteiger partial charge is 0.319 e. The van der Waals surface area contributed by atoms with Gasteiger partial charge in [0.25, 0.3) is 0 Å². The molecule has 0 unspecified atom stereocenters. The van der Waals surface area contributed by atoms with Gasteiger partial charge in [0.2, 0.25) is 5.91 Å². The second-order valence-corrected chi connectivity index (χ2v) is 8.14. The minimum Gasteiger partial charge on any atom is -0.377 e. The summed E-state index contributed by atoms with van der Waals surface area (Å²) in [5, 5.41) is 5.59. The molecule has 6 heteroatoms. The summed E-state index contributed by atoms with van der Waals surface area (Å²) in [6.07, 6.45) is 2.13. The zero-order valence-corrected chi connectivity index (χ0v) is 16.8. The molecule has 1 fully saturated rings. The summed E-state index contributed by atoms with van der Waals surface area (Å²) < 4.78 is 0. The predicted octanol–water partition coefficient (Wildman–Crippen LogP) is 3.43. The zero-order chi connectivity index (χ0) is 19.5. The third-order valence-corrected chi connectivity index (χ3v) is 4.39. The van der Waals surface area contributed by atoms with Crippen LogP contribution in [-0.4, -0.2) is 43.5 Å². The SMILES string of the molecule is CCNC(=O)Nc1ccc(N(C)C)c(CN(C(=O)C(C)(C)C)C2CC2)c1. The number of nitrogens with one attached hydrogen (secondary N) is 2. The highest BCUT2D eigenvalue weighted by Crippen LogP contribution is 2.34. The van der Waals surface area contributed by atoms with Gasteiger partial charge in [0, 0.05) is 50.0 Å². The van der Waals surface area contributed by atoms with Gasteiger partial charge in [0.1, 0.15) is 0 Å². The number of carbonyl (C=O) groups excluding carboxylic acids is 2. The van der Waals surface area contributed by atoms with Gasteiger partial charge in [0.15, 0.2) is 0 Å². The van der Waals surface area contributed by atoms with Crippen LogP contribution in [0.3, 0.4) is 0 Å². The van der Waals surface area contributed by atoms with E-state index in [-0.39, 0.29) is 11.9 Å². The second kappa shape index (κ2) is 7.98. The Hall–Kier alpha value is -2.24. The fourth-order valence-corrected chi connectivity index (χ4v) is 2.93. The van der Waals surface area contributed by atoms with E-state index in [1.807, 2.05) is 69.8 Å². The molecule has 6 nitrogen and oxygen atoms in total. The summed E-state index contributed by atoms with van der Waals surface area (Å²) in [6.45, 7) is 8.90. The molecule has 1 aliphatic carbocycles. The van der Waals surface area contributed by atoms with Gasteiger partial charge in [-0.15, -0.1) is 0 Å². The standard InChI is InChI=1S/C20H32N4O2/c1-7-21-19(26)22-15-8-11-17(23(5)6)14(12-15)13-24(16-9-10-16)18(25)20(2,3)4/h8,11-12,16H,7,9-10,13H2,1-6H3,(H2,21,22,26). The number of benzene rings is 1. The molecule has 0 heterocycles. The number of amides is 3. The predicted molar refractivity (Wildman–Crippen MR) is 106 cm³/mol. The maximum atomic E-state index is 12.9. The molecule has 2 N–H and O–H groups in total. The van der Waals surface area contributed by atoms with Gasteiger partial charge >= 0.3 is 6.03 Å². The lowest BCUT2D eigenvalue weighted by molar-refractivity contribution is -0.140. The lowest BCUT2D eigenvalue weighted by Gasteiger charge is -2.31. The van der Waals surface area contributed by atoms with Crippen LogP contribution in [0.1, 0.15) is 46.1 Å². The Bertz CT molecular complexity index is 660. The molecule has 0 aromatic heterocycles. The van der Waals surface area contributed by atoms with E-state index in [1.165, 1.54) is 0 Å². The van der Waals surface area contributed by atoms with Crippen LogP contribution in [0, 0.1) is 5.41 Å². The van der Waals surface area contributed by atoms with Gasteiger partial charge in [-0.25, -0.2) is 4.79 Å². The molecule has 0 aliphatic heterocycles. The molecule has 144 valence electrons. The van der Waals surface area contributed by atoms with Crippen LogP contribution in [0.5, 0.6) is 0 Å². The number of nitrogens with zero attached hydrogens (tertiary/aromatic N) is 2. The maximum Gasteiger partial charge on any atom is 0.319 e. The Balaban J connectivity index is 2.29. The van der Waals surface area contributed by atoms with Crippen molar-refractivity contribution in [1.82, 2.24) is 10.2 Å². The highest BCUT2D eigenvalue weighted by molar-refractivity contribution is 5.89. The van der Waals surface area contributed by atoms with Crippen LogP contribution in [0.4, 0.5) is 16.2 Å². The van der Waals surface area contributed by atoms with Gasteiger partial charge < -0.3 is 20.4 Å². The van der Waals surface area contributed by atoms with E-state index < -0.39 is 5.41 Å². The quantitative estimate of drug-likeness (QED) is 0.817. The number of carbonyl (C=O) groups is 2. The van der Waals surface area contributed by atoms with Crippen LogP contribution in [0.15, 0.2) is 18.2 Å². The van der Waals surface area contributed by atoms with E-state index in [0.29, 0.717) is 19.1 Å². The Morgan fingerprint density at radius 1 is 1.19 bits per heavy atom. The third-order valence-electron chi connectivity index (χ3n) is 4.39. The summed E-state index contributed by atoms with van der Waals surface area (Å²) in [7, 11) is 3.98. The van der Waals surface area contributed by atoms with E-state index >= 15 is 0 Å². The van der Waals surface area contributed by atoms with Crippen molar-refractivity contribution in [2.24, 2.45) is 5.41 Å². The van der Waals surface area contributed by atoms with E-state index in [2.05, 4.69) is 10.6 Å². The largest absolute Gasteiger partial charge is 0.377 e. The average molecular weight is 361 g/mol. The topological polar surface area (TPSA) is 64.7 Å². The number of urea groups is 1. The maximum absolute atomic E-state index is 12.9. The van der Waals surface area contributed by atoms with Crippen LogP contribution in [-0.2, 0) is 11.3 Å². The molecule has 0 saturated heterocycles. The summed E-state index contributed by atoms with van der Waals surface area (Å²) in [6, 6.07) is 5.96. The van der Waals surface area contributed by atoms with Gasteiger partial charge in [-0.3, -0.25) is 4.79 Å². The fraction of sp³-hybridized carbons (Fsp3) is 0.600. The van der Waals surface area contributed by atoms with Crippen molar-refractivity contribution in [3.63, 3.8) is 0 Å². The second-order valence-electron chi connectivity index (χ2n) is 8.14. The third kappa shape index (κ3) is 5.13. The van der Waals surface area contributed by atoms with Crippen LogP contribution < -0.4 is 15.5 Å². The summed E-state index contributed by atoms with van der Waals surface area (Å²) >= 11 is 0. The molecule has 2 rings (SSSR count). The number of rotatable bonds is 6. The molecule has 1 saturated carbocycles. The molecular formula is C20H32N4O2. The summed E-state index contributed by atoms with van der Waals surface area (Å²) in [4.78, 5) is 28.8. The minimum absolute atomic E-state index is 0.173. The van der Waals surface area contributed by atoms with Crippen LogP contribution in [0.2, 0.25) is 0 Å². The molecule has 0 spiro atoms. The zero-order valence-electron chi connectivity index (χ0n) is 16.8. The van der Waals surface area contributed by atoms with E-state index in [1.54, 1.807) is 0 Å². The van der Waals surface area contributed by atoms with Crippen LogP contribution in [0.25, 0.3) is 0 Å². The Morgan fingerprint density at radius 3 is 2.35 bits per heavy atom. The number of hydrogen-bond acceptors (Lipinski definition) is 3. The van der Waals surface area contributed by atoms with E-state index in [4.69, 9.17) is 0 Å². The Kier molecular flexibility index (Phi) is 6.16. The highest BCUT2D eigenvalue weighted by atomic mass is 16.2. The molecule has 0 atom stereocenters. The summed E-state index contributed by atoms with van der Waals surface area (Å²) in [5.41, 5.74) is 2.42. The van der Waals surface area contributed by atoms with Gasteiger partial charge in [-0.1, -0.05) is 20.8 Å². The first kappa shape index (κ1) is 20.1. The first-order chi connectivity index (χ1) is 12.1. The van der Waals surface area contributed by atoms with Crippen molar-refractivity contribution in [1.29, 1.82) is 0 Å². The lowest BCUT2D eigenvalue weighted by atomic mass is 9.94. The summed E-state index contributed by atoms with van der Waals surface area (Å²) in [5.74, 6) is 0.173. The molecular weight excluding hydrogens is 328 g/mol. The average Bonchev–Trinajstić information content (AvgIpc) is 3.36. The van der Waals surface area contributed by atoms with Crippen molar-refractivity contribution >= 4 is 23.3 Å². The monoisotopic (exact) mass is 360 g/mol. The van der Waals surface area contributed by atoms with E-state index in [9.17, 15) is 9.59 Å². The van der Waals surface area contributed by atoms with E-state index in [0.717, 1.165) is 29.8 Å². The molecule has 1 aromatic carbocycles. The minimum atomic E-state index is -0.405. The molecule has 26 heavy (non-hydrogen) atoms.